The normalized spacial score (nSPS) is 9.85. The first-order chi connectivity index (χ1) is 9.54. The highest BCUT2D eigenvalue weighted by Gasteiger charge is 2.16. The van der Waals surface area contributed by atoms with Crippen molar-refractivity contribution in [3.8, 4) is 6.07 Å². The molecule has 4 nitrogen and oxygen atoms in total. The summed E-state index contributed by atoms with van der Waals surface area (Å²) in [5.74, 6) is -0.254. The number of nitrogen functional groups attached to an aromatic ring is 1. The summed E-state index contributed by atoms with van der Waals surface area (Å²) in [6.07, 6.45) is 0. The molecule has 0 aliphatic heterocycles. The van der Waals surface area contributed by atoms with Crippen LogP contribution in [0.1, 0.15) is 15.9 Å². The lowest BCUT2D eigenvalue weighted by molar-refractivity contribution is 0.0993. The number of nitrogens with two attached hydrogens (primary N) is 1. The third-order valence-electron chi connectivity index (χ3n) is 2.93. The van der Waals surface area contributed by atoms with Crippen molar-refractivity contribution in [1.82, 2.24) is 0 Å². The molecule has 2 aromatic rings. The van der Waals surface area contributed by atoms with Crippen LogP contribution in [0.25, 0.3) is 0 Å². The van der Waals surface area contributed by atoms with Crippen LogP contribution >= 0.6 is 11.6 Å². The van der Waals surface area contributed by atoms with Crippen molar-refractivity contribution in [2.24, 2.45) is 0 Å². The summed E-state index contributed by atoms with van der Waals surface area (Å²) < 4.78 is 0. The summed E-state index contributed by atoms with van der Waals surface area (Å²) in [4.78, 5) is 13.8. The molecular weight excluding hydrogens is 274 g/mol. The Morgan fingerprint density at radius 2 is 2.00 bits per heavy atom. The number of hydrogen-bond donors (Lipinski definition) is 1. The van der Waals surface area contributed by atoms with Crippen LogP contribution in [0.3, 0.4) is 0 Å². The molecule has 0 heterocycles. The third-order valence-corrected chi connectivity index (χ3v) is 3.28. The van der Waals surface area contributed by atoms with E-state index in [2.05, 4.69) is 6.07 Å². The molecule has 1 amide bonds. The van der Waals surface area contributed by atoms with Crippen molar-refractivity contribution >= 4 is 28.9 Å². The maximum Gasteiger partial charge on any atom is 0.258 e. The topological polar surface area (TPSA) is 70.1 Å². The largest absolute Gasteiger partial charge is 0.398 e. The zero-order chi connectivity index (χ0) is 14.7. The van der Waals surface area contributed by atoms with Crippen LogP contribution in [0.4, 0.5) is 11.4 Å². The van der Waals surface area contributed by atoms with Gasteiger partial charge < -0.3 is 10.6 Å². The van der Waals surface area contributed by atoms with Crippen LogP contribution in [0, 0.1) is 11.3 Å². The van der Waals surface area contributed by atoms with Crippen molar-refractivity contribution in [3.63, 3.8) is 0 Å². The second-order valence-corrected chi connectivity index (χ2v) is 4.64. The predicted molar refractivity (Wildman–Crippen MR) is 79.8 cm³/mol. The predicted octanol–water partition coefficient (Wildman–Crippen LogP) is 3.07. The van der Waals surface area contributed by atoms with Crippen LogP contribution in [0.5, 0.6) is 0 Å². The zero-order valence-electron chi connectivity index (χ0n) is 10.8. The van der Waals surface area contributed by atoms with E-state index < -0.39 is 0 Å². The summed E-state index contributed by atoms with van der Waals surface area (Å²) in [5.41, 5.74) is 7.45. The molecule has 20 heavy (non-hydrogen) atoms. The molecule has 0 bridgehead atoms. The highest BCUT2D eigenvalue weighted by Crippen LogP contribution is 2.23. The Balaban J connectivity index is 2.38. The van der Waals surface area contributed by atoms with E-state index in [9.17, 15) is 4.79 Å². The lowest BCUT2D eigenvalue weighted by Crippen LogP contribution is -2.27. The quantitative estimate of drug-likeness (QED) is 0.862. The van der Waals surface area contributed by atoms with E-state index in [0.29, 0.717) is 27.5 Å². The summed E-state index contributed by atoms with van der Waals surface area (Å²) in [6.45, 7) is 0. The molecule has 0 saturated heterocycles. The molecule has 0 saturated carbocycles. The number of nitriles is 1. The number of nitrogens with zero attached hydrogens (tertiary/aromatic N) is 2. The minimum Gasteiger partial charge on any atom is -0.398 e. The van der Waals surface area contributed by atoms with E-state index in [1.807, 2.05) is 0 Å². The monoisotopic (exact) mass is 285 g/mol. The first kappa shape index (κ1) is 13.9. The second-order valence-electron chi connectivity index (χ2n) is 4.23. The van der Waals surface area contributed by atoms with Crippen molar-refractivity contribution < 1.29 is 4.79 Å². The van der Waals surface area contributed by atoms with Gasteiger partial charge in [-0.25, -0.2) is 0 Å². The Morgan fingerprint density at radius 1 is 1.30 bits per heavy atom. The molecule has 2 aromatic carbocycles. The van der Waals surface area contributed by atoms with Gasteiger partial charge in [0.1, 0.15) is 6.07 Å². The minimum atomic E-state index is -0.254. The third kappa shape index (κ3) is 2.58. The molecular formula is C15H12ClN3O. The van der Waals surface area contributed by atoms with E-state index in [0.717, 1.165) is 0 Å². The summed E-state index contributed by atoms with van der Waals surface area (Å²) in [6, 6.07) is 13.7. The van der Waals surface area contributed by atoms with Crippen molar-refractivity contribution in [2.45, 2.75) is 0 Å². The Bertz CT molecular complexity index is 707. The summed E-state index contributed by atoms with van der Waals surface area (Å²) in [7, 11) is 1.61. The van der Waals surface area contributed by atoms with Gasteiger partial charge in [0.05, 0.1) is 22.0 Å². The van der Waals surface area contributed by atoms with Gasteiger partial charge in [0.2, 0.25) is 0 Å². The zero-order valence-corrected chi connectivity index (χ0v) is 11.6. The second kappa shape index (κ2) is 5.64. The van der Waals surface area contributed by atoms with Crippen molar-refractivity contribution in [2.75, 3.05) is 17.7 Å². The van der Waals surface area contributed by atoms with Gasteiger partial charge in [-0.2, -0.15) is 5.26 Å². The van der Waals surface area contributed by atoms with E-state index in [1.165, 1.54) is 11.0 Å². The van der Waals surface area contributed by atoms with Crippen LogP contribution in [0.2, 0.25) is 5.02 Å². The first-order valence-corrected chi connectivity index (χ1v) is 6.24. The standard InChI is InChI=1S/C15H12ClN3O/c1-19(14-5-3-2-4-11(14)9-17)15(20)10-6-7-12(16)13(18)8-10/h2-8H,18H2,1H3. The molecule has 0 fully saturated rings. The smallest absolute Gasteiger partial charge is 0.258 e. The van der Waals surface area contributed by atoms with E-state index in [-0.39, 0.29) is 5.91 Å². The number of halogens is 1. The molecule has 0 radical (unpaired) electrons. The molecule has 0 aliphatic rings. The SMILES string of the molecule is CN(C(=O)c1ccc(Cl)c(N)c1)c1ccccc1C#N. The van der Waals surface area contributed by atoms with Crippen LogP contribution in [-0.4, -0.2) is 13.0 Å². The highest BCUT2D eigenvalue weighted by molar-refractivity contribution is 6.33. The Morgan fingerprint density at radius 3 is 2.65 bits per heavy atom. The van der Waals surface area contributed by atoms with Crippen LogP contribution < -0.4 is 10.6 Å². The number of rotatable bonds is 2. The average molecular weight is 286 g/mol. The van der Waals surface area contributed by atoms with Gasteiger partial charge in [-0.3, -0.25) is 4.79 Å². The molecule has 5 heteroatoms. The van der Waals surface area contributed by atoms with Crippen LogP contribution in [0.15, 0.2) is 42.5 Å². The number of para-hydroxylation sites is 1. The Labute approximate surface area is 122 Å². The number of amides is 1. The number of benzene rings is 2. The highest BCUT2D eigenvalue weighted by atomic mass is 35.5. The fraction of sp³-hybridized carbons (Fsp3) is 0.0667. The molecule has 0 unspecified atom stereocenters. The molecule has 0 aliphatic carbocycles. The van der Waals surface area contributed by atoms with Crippen LogP contribution in [-0.2, 0) is 0 Å². The molecule has 2 rings (SSSR count). The number of anilines is 2. The van der Waals surface area contributed by atoms with Gasteiger partial charge in [-0.05, 0) is 30.3 Å². The van der Waals surface area contributed by atoms with Crippen molar-refractivity contribution in [3.05, 3.63) is 58.6 Å². The van der Waals surface area contributed by atoms with E-state index in [4.69, 9.17) is 22.6 Å². The number of carbonyl (C=O) groups is 1. The summed E-state index contributed by atoms with van der Waals surface area (Å²) >= 11 is 5.84. The van der Waals surface area contributed by atoms with Crippen molar-refractivity contribution in [1.29, 1.82) is 5.26 Å². The first-order valence-electron chi connectivity index (χ1n) is 5.87. The van der Waals surface area contributed by atoms with Gasteiger partial charge >= 0.3 is 0 Å². The molecule has 0 spiro atoms. The fourth-order valence-corrected chi connectivity index (χ4v) is 1.96. The Hall–Kier alpha value is -2.51. The lowest BCUT2D eigenvalue weighted by atomic mass is 10.1. The van der Waals surface area contributed by atoms with Gasteiger partial charge in [0.25, 0.3) is 5.91 Å². The molecule has 100 valence electrons. The van der Waals surface area contributed by atoms with E-state index in [1.54, 1.807) is 43.4 Å². The fourth-order valence-electron chi connectivity index (χ4n) is 1.84. The van der Waals surface area contributed by atoms with Gasteiger partial charge in [-0.1, -0.05) is 23.7 Å². The van der Waals surface area contributed by atoms with Gasteiger partial charge in [0.15, 0.2) is 0 Å². The number of hydrogen-bond acceptors (Lipinski definition) is 3. The number of carbonyl (C=O) groups excluding carboxylic acids is 1. The van der Waals surface area contributed by atoms with Gasteiger partial charge in [0, 0.05) is 12.6 Å². The van der Waals surface area contributed by atoms with Gasteiger partial charge in [-0.15, -0.1) is 0 Å². The molecule has 0 atom stereocenters. The molecule has 0 aromatic heterocycles. The van der Waals surface area contributed by atoms with E-state index >= 15 is 0 Å². The maximum atomic E-state index is 12.4. The molecule has 2 N–H and O–H groups in total. The minimum absolute atomic E-state index is 0.254. The Kier molecular flexibility index (Phi) is 3.92. The average Bonchev–Trinajstić information content (AvgIpc) is 2.48. The lowest BCUT2D eigenvalue weighted by Gasteiger charge is -2.18. The maximum absolute atomic E-state index is 12.4. The summed E-state index contributed by atoms with van der Waals surface area (Å²) in [5, 5.41) is 9.48.